The van der Waals surface area contributed by atoms with Gasteiger partial charge in [0.25, 0.3) is 0 Å². The second-order valence-corrected chi connectivity index (χ2v) is 7.02. The highest BCUT2D eigenvalue weighted by atomic mass is 14.7. The molecule has 0 nitrogen and oxygen atoms in total. The third-order valence-corrected chi connectivity index (χ3v) is 6.04. The van der Waals surface area contributed by atoms with E-state index in [1.54, 1.807) is 0 Å². The van der Waals surface area contributed by atoms with Crippen molar-refractivity contribution in [1.82, 2.24) is 0 Å². The molecule has 2 aliphatic rings. The zero-order valence-corrected chi connectivity index (χ0v) is 10.7. The Labute approximate surface area is 89.5 Å². The average molecular weight is 194 g/mol. The van der Waals surface area contributed by atoms with Gasteiger partial charge in [0.05, 0.1) is 0 Å². The first-order valence-electron chi connectivity index (χ1n) is 6.29. The van der Waals surface area contributed by atoms with Gasteiger partial charge in [0.1, 0.15) is 0 Å². The van der Waals surface area contributed by atoms with Gasteiger partial charge in [-0.15, -0.1) is 0 Å². The molecule has 0 spiro atoms. The molecule has 0 heteroatoms. The molecule has 0 N–H and O–H groups in total. The maximum Gasteiger partial charge on any atom is -0.0238 e. The van der Waals surface area contributed by atoms with Crippen LogP contribution in [0.2, 0.25) is 0 Å². The molecule has 2 saturated carbocycles. The number of hydrogen-bond donors (Lipinski definition) is 0. The predicted octanol–water partition coefficient (Wildman–Crippen LogP) is 4.35. The molecule has 0 aromatic rings. The fourth-order valence-electron chi connectivity index (χ4n) is 4.06. The third kappa shape index (κ3) is 1.19. The van der Waals surface area contributed by atoms with Gasteiger partial charge in [-0.3, -0.25) is 0 Å². The van der Waals surface area contributed by atoms with Crippen molar-refractivity contribution in [1.29, 1.82) is 0 Å². The van der Waals surface area contributed by atoms with Gasteiger partial charge in [0.15, 0.2) is 0 Å². The highest BCUT2D eigenvalue weighted by Gasteiger charge is 2.63. The van der Waals surface area contributed by atoms with E-state index in [-0.39, 0.29) is 0 Å². The molecule has 2 aliphatic carbocycles. The highest BCUT2D eigenvalue weighted by Crippen LogP contribution is 2.71. The molecule has 2 rings (SSSR count). The normalized spacial score (nSPS) is 56.1. The summed E-state index contributed by atoms with van der Waals surface area (Å²) in [6.07, 6.45) is 2.93. The van der Waals surface area contributed by atoms with Crippen LogP contribution in [0.5, 0.6) is 0 Å². The quantitative estimate of drug-likeness (QED) is 0.582. The number of rotatable bonds is 1. The first-order chi connectivity index (χ1) is 6.29. The molecule has 0 aliphatic heterocycles. The first-order valence-corrected chi connectivity index (χ1v) is 6.29. The summed E-state index contributed by atoms with van der Waals surface area (Å²) in [7, 11) is 0. The zero-order valence-electron chi connectivity index (χ0n) is 10.7. The summed E-state index contributed by atoms with van der Waals surface area (Å²) in [5, 5.41) is 0. The maximum absolute atomic E-state index is 2.53. The Bertz CT molecular complexity index is 240. The van der Waals surface area contributed by atoms with Crippen LogP contribution in [-0.4, -0.2) is 0 Å². The third-order valence-electron chi connectivity index (χ3n) is 6.04. The van der Waals surface area contributed by atoms with Crippen molar-refractivity contribution in [2.75, 3.05) is 0 Å². The Morgan fingerprint density at radius 1 is 0.929 bits per heavy atom. The molecule has 0 radical (unpaired) electrons. The Morgan fingerprint density at radius 3 is 1.71 bits per heavy atom. The second-order valence-electron chi connectivity index (χ2n) is 7.02. The minimum Gasteiger partial charge on any atom is -0.0622 e. The Morgan fingerprint density at radius 2 is 1.43 bits per heavy atom. The predicted molar refractivity (Wildman–Crippen MR) is 62.1 cm³/mol. The van der Waals surface area contributed by atoms with Crippen molar-refractivity contribution >= 4 is 0 Å². The van der Waals surface area contributed by atoms with Crippen molar-refractivity contribution < 1.29 is 0 Å². The van der Waals surface area contributed by atoms with Crippen molar-refractivity contribution in [3.63, 3.8) is 0 Å². The Kier molecular flexibility index (Phi) is 2.08. The van der Waals surface area contributed by atoms with Gasteiger partial charge in [-0.25, -0.2) is 0 Å². The molecular formula is C14H26. The molecule has 0 amide bonds. The van der Waals surface area contributed by atoms with Crippen LogP contribution in [0, 0.1) is 34.5 Å². The summed E-state index contributed by atoms with van der Waals surface area (Å²) >= 11 is 0. The molecule has 2 fully saturated rings. The molecule has 5 unspecified atom stereocenters. The van der Waals surface area contributed by atoms with E-state index >= 15 is 0 Å². The van der Waals surface area contributed by atoms with Crippen molar-refractivity contribution in [3.05, 3.63) is 0 Å². The molecule has 0 bridgehead atoms. The molecule has 82 valence electrons. The Hall–Kier alpha value is 0. The summed E-state index contributed by atoms with van der Waals surface area (Å²) in [6, 6.07) is 0. The lowest BCUT2D eigenvalue weighted by atomic mass is 9.77. The largest absolute Gasteiger partial charge is 0.0622 e. The Balaban J connectivity index is 2.15. The van der Waals surface area contributed by atoms with Gasteiger partial charge in [0, 0.05) is 0 Å². The molecular weight excluding hydrogens is 168 g/mol. The SMILES string of the molecule is CC1CC(C2(C)CC2(C)C)C(C)C1C. The minimum atomic E-state index is 0.621. The lowest BCUT2D eigenvalue weighted by Gasteiger charge is -2.28. The van der Waals surface area contributed by atoms with Crippen LogP contribution in [0.15, 0.2) is 0 Å². The highest BCUT2D eigenvalue weighted by molar-refractivity contribution is 5.12. The van der Waals surface area contributed by atoms with E-state index in [2.05, 4.69) is 41.5 Å². The van der Waals surface area contributed by atoms with Crippen LogP contribution < -0.4 is 0 Å². The molecule has 0 aromatic heterocycles. The average Bonchev–Trinajstić information content (AvgIpc) is 2.48. The van der Waals surface area contributed by atoms with E-state index < -0.39 is 0 Å². The lowest BCUT2D eigenvalue weighted by molar-refractivity contribution is 0.205. The summed E-state index contributed by atoms with van der Waals surface area (Å²) in [5.41, 5.74) is 1.28. The van der Waals surface area contributed by atoms with E-state index in [9.17, 15) is 0 Å². The smallest absolute Gasteiger partial charge is 0.0238 e. The summed E-state index contributed by atoms with van der Waals surface area (Å²) in [6.45, 7) is 14.8. The zero-order chi connectivity index (χ0) is 10.7. The van der Waals surface area contributed by atoms with Gasteiger partial charge in [-0.1, -0.05) is 41.5 Å². The van der Waals surface area contributed by atoms with Crippen LogP contribution in [-0.2, 0) is 0 Å². The van der Waals surface area contributed by atoms with Gasteiger partial charge >= 0.3 is 0 Å². The van der Waals surface area contributed by atoms with E-state index in [4.69, 9.17) is 0 Å². The maximum atomic E-state index is 2.53. The standard InChI is InChI=1S/C14H26/c1-9-7-12(11(3)10(9)2)14(6)8-13(14,4)5/h9-12H,7-8H2,1-6H3. The molecule has 0 heterocycles. The van der Waals surface area contributed by atoms with Crippen LogP contribution in [0.3, 0.4) is 0 Å². The van der Waals surface area contributed by atoms with Crippen LogP contribution in [0.4, 0.5) is 0 Å². The molecule has 0 aromatic carbocycles. The minimum absolute atomic E-state index is 0.621. The van der Waals surface area contributed by atoms with E-state index in [1.165, 1.54) is 12.8 Å². The topological polar surface area (TPSA) is 0 Å². The fourth-order valence-corrected chi connectivity index (χ4v) is 4.06. The number of hydrogen-bond acceptors (Lipinski definition) is 0. The van der Waals surface area contributed by atoms with Crippen molar-refractivity contribution in [2.24, 2.45) is 34.5 Å². The first kappa shape index (κ1) is 10.5. The summed E-state index contributed by atoms with van der Waals surface area (Å²) in [5.74, 6) is 3.82. The van der Waals surface area contributed by atoms with Gasteiger partial charge in [-0.05, 0) is 47.3 Å². The van der Waals surface area contributed by atoms with Crippen molar-refractivity contribution in [3.8, 4) is 0 Å². The molecule has 14 heavy (non-hydrogen) atoms. The van der Waals surface area contributed by atoms with E-state index in [1.807, 2.05) is 0 Å². The van der Waals surface area contributed by atoms with Crippen LogP contribution in [0.25, 0.3) is 0 Å². The molecule has 5 atom stereocenters. The van der Waals surface area contributed by atoms with E-state index in [0.29, 0.717) is 10.8 Å². The lowest BCUT2D eigenvalue weighted by Crippen LogP contribution is -2.22. The van der Waals surface area contributed by atoms with Crippen LogP contribution in [0.1, 0.15) is 54.4 Å². The fraction of sp³-hybridized carbons (Fsp3) is 1.00. The van der Waals surface area contributed by atoms with Gasteiger partial charge in [0.2, 0.25) is 0 Å². The summed E-state index contributed by atoms with van der Waals surface area (Å²) < 4.78 is 0. The van der Waals surface area contributed by atoms with E-state index in [0.717, 1.165) is 23.7 Å². The van der Waals surface area contributed by atoms with Crippen molar-refractivity contribution in [2.45, 2.75) is 54.4 Å². The van der Waals surface area contributed by atoms with Gasteiger partial charge < -0.3 is 0 Å². The summed E-state index contributed by atoms with van der Waals surface area (Å²) in [4.78, 5) is 0. The van der Waals surface area contributed by atoms with Gasteiger partial charge in [-0.2, -0.15) is 0 Å². The molecule has 0 saturated heterocycles. The monoisotopic (exact) mass is 194 g/mol. The second kappa shape index (κ2) is 2.77. The van der Waals surface area contributed by atoms with Crippen LogP contribution >= 0.6 is 0 Å².